The van der Waals surface area contributed by atoms with Crippen LogP contribution in [0.25, 0.3) is 43.9 Å². The van der Waals surface area contributed by atoms with Gasteiger partial charge in [-0.1, -0.05) is 17.1 Å². The van der Waals surface area contributed by atoms with Crippen molar-refractivity contribution in [2.24, 2.45) is 5.11 Å². The predicted octanol–water partition coefficient (Wildman–Crippen LogP) is 2.81. The Morgan fingerprint density at radius 3 is 2.25 bits per heavy atom. The van der Waals surface area contributed by atoms with E-state index in [0.717, 1.165) is 36.4 Å². The molecule has 2 aliphatic rings. The van der Waals surface area contributed by atoms with E-state index in [2.05, 4.69) is 37.8 Å². The van der Waals surface area contributed by atoms with Crippen molar-refractivity contribution < 1.29 is 68.9 Å². The maximum Gasteiger partial charge on any atom is 0.336 e. The van der Waals surface area contributed by atoms with Crippen LogP contribution < -0.4 is 31.8 Å². The van der Waals surface area contributed by atoms with Gasteiger partial charge in [0.05, 0.1) is 36.4 Å². The second kappa shape index (κ2) is 21.2. The van der Waals surface area contributed by atoms with E-state index in [0.29, 0.717) is 0 Å². The average Bonchev–Trinajstić information content (AvgIpc) is 3.24. The van der Waals surface area contributed by atoms with E-state index >= 15 is 0 Å². The molecule has 1 atom stereocenters. The van der Waals surface area contributed by atoms with Crippen LogP contribution in [0.15, 0.2) is 86.1 Å². The highest BCUT2D eigenvalue weighted by atomic mass is 32.2. The highest BCUT2D eigenvalue weighted by Crippen LogP contribution is 2.45. The van der Waals surface area contributed by atoms with Gasteiger partial charge in [0.2, 0.25) is 5.91 Å². The lowest BCUT2D eigenvalue weighted by Gasteiger charge is -2.20. The third kappa shape index (κ3) is 12.1. The number of nitrogens with zero attached hydrogens (tertiary/aromatic N) is 3. The van der Waals surface area contributed by atoms with Gasteiger partial charge in [-0.15, -0.1) is 5.92 Å². The number of carboxylic acid groups (broad SMARTS) is 1. The van der Waals surface area contributed by atoms with Gasteiger partial charge in [-0.3, -0.25) is 28.9 Å². The molecule has 0 spiro atoms. The van der Waals surface area contributed by atoms with Crippen LogP contribution in [-0.4, -0.2) is 107 Å². The van der Waals surface area contributed by atoms with Crippen molar-refractivity contribution in [3.63, 3.8) is 0 Å². The zero-order chi connectivity index (χ0) is 47.5. The summed E-state index contributed by atoms with van der Waals surface area (Å²) in [4.78, 5) is 51.3. The van der Waals surface area contributed by atoms with Crippen LogP contribution in [0.1, 0.15) is 38.0 Å². The minimum absolute atomic E-state index is 0.00795. The van der Waals surface area contributed by atoms with Crippen molar-refractivity contribution in [1.82, 2.24) is 16.0 Å². The van der Waals surface area contributed by atoms with Gasteiger partial charge in [-0.05, 0) is 78.7 Å². The molecule has 1 aliphatic carbocycles. The molecule has 3 aromatic carbocycles. The van der Waals surface area contributed by atoms with Crippen molar-refractivity contribution in [3.05, 3.63) is 99.2 Å². The zero-order valence-corrected chi connectivity index (χ0v) is 35.5. The topological polar surface area (TPSA) is 373 Å². The molecule has 23 nitrogen and oxygen atoms in total. The quantitative estimate of drug-likeness (QED) is 0.00813. The molecular formula is C40H38N8O15S2. The number of carbonyl (C=O) groups excluding carboxylic acids is 3. The summed E-state index contributed by atoms with van der Waals surface area (Å²) in [5.41, 5.74) is 12.3. The number of azide groups is 1. The first kappa shape index (κ1) is 48.5. The molecule has 3 amide bonds. The van der Waals surface area contributed by atoms with Gasteiger partial charge in [-0.25, -0.2) is 4.79 Å². The maximum atomic E-state index is 13.5. The molecule has 0 aromatic heterocycles. The molecule has 0 bridgehead atoms. The third-order valence-electron chi connectivity index (χ3n) is 8.98. The fourth-order valence-electron chi connectivity index (χ4n) is 6.19. The number of aromatic carboxylic acids is 1. The minimum atomic E-state index is -5.26. The van der Waals surface area contributed by atoms with E-state index in [1.165, 1.54) is 30.3 Å². The van der Waals surface area contributed by atoms with Crippen LogP contribution in [0.3, 0.4) is 0 Å². The van der Waals surface area contributed by atoms with Crippen LogP contribution >= 0.6 is 0 Å². The molecule has 340 valence electrons. The summed E-state index contributed by atoms with van der Waals surface area (Å²) in [7, 11) is -10.5. The van der Waals surface area contributed by atoms with Crippen molar-refractivity contribution in [3.8, 4) is 40.0 Å². The Bertz CT molecular complexity index is 3050. The van der Waals surface area contributed by atoms with E-state index in [9.17, 15) is 50.2 Å². The van der Waals surface area contributed by atoms with Crippen LogP contribution in [0.5, 0.6) is 5.75 Å². The summed E-state index contributed by atoms with van der Waals surface area (Å²) >= 11 is 0. The molecule has 9 N–H and O–H groups in total. The zero-order valence-electron chi connectivity index (χ0n) is 33.9. The van der Waals surface area contributed by atoms with Crippen LogP contribution in [0.2, 0.25) is 0 Å². The van der Waals surface area contributed by atoms with Crippen molar-refractivity contribution >= 4 is 60.6 Å². The largest absolute Gasteiger partial charge is 0.491 e. The Morgan fingerprint density at radius 1 is 0.908 bits per heavy atom. The SMILES string of the molecule is CC#CCNC(=O)COCCOC(COc1cccc(C(=O)NCCNC(=O)c2ccc(C(=O)O)c(-c3c4ccc(=N)c(S(=O)(=O)O)c-4oc4c(S(=O)(=O)O)c(N)ccc34)c2)c1)N=[N+]=[N-]. The van der Waals surface area contributed by atoms with E-state index in [4.69, 9.17) is 35.3 Å². The first-order chi connectivity index (χ1) is 30.8. The lowest BCUT2D eigenvalue weighted by molar-refractivity contribution is -0.126. The molecule has 0 radical (unpaired) electrons. The number of carbonyl (C=O) groups is 4. The highest BCUT2D eigenvalue weighted by molar-refractivity contribution is 7.86. The lowest BCUT2D eigenvalue weighted by Crippen LogP contribution is -2.34. The number of nitrogen functional groups attached to an aromatic ring is 1. The maximum absolute atomic E-state index is 13.5. The van der Waals surface area contributed by atoms with E-state index in [1.807, 2.05) is 0 Å². The second-order valence-electron chi connectivity index (χ2n) is 13.3. The number of anilines is 1. The van der Waals surface area contributed by atoms with Gasteiger partial charge < -0.3 is 45.4 Å². The third-order valence-corrected chi connectivity index (χ3v) is 10.8. The molecule has 5 rings (SSSR count). The van der Waals surface area contributed by atoms with E-state index in [-0.39, 0.29) is 90.9 Å². The smallest absolute Gasteiger partial charge is 0.336 e. The average molecular weight is 935 g/mol. The standard InChI is InChI=1S/C40H38N8O15S2/c1-2-3-13-44-31(49)20-60-16-17-61-32(47-48-43)21-62-24-6-4-5-22(18-24)38(50)45-14-15-46-39(51)23-7-8-25(40(52)53)28(19-23)33-26-9-11-29(41)36(64(54,55)56)34(26)63-35-27(33)10-12-30(42)37(35)65(57,58)59/h4-12,18-19,32,41H,13-17,20-21,42H2,1H3,(H,44,49)(H,45,50)(H,46,51)(H,52,53)(H,54,55,56)(H,57,58,59). The Morgan fingerprint density at radius 2 is 1.60 bits per heavy atom. The van der Waals surface area contributed by atoms with Gasteiger partial charge in [0, 0.05) is 45.6 Å². The molecule has 1 unspecified atom stereocenters. The molecule has 3 aromatic rings. The molecule has 25 heteroatoms. The summed E-state index contributed by atoms with van der Waals surface area (Å²) in [6, 6.07) is 13.7. The van der Waals surface area contributed by atoms with E-state index in [1.54, 1.807) is 6.92 Å². The normalized spacial score (nSPS) is 11.7. The second-order valence-corrected chi connectivity index (χ2v) is 16.0. The van der Waals surface area contributed by atoms with Gasteiger partial charge in [0.1, 0.15) is 19.0 Å². The number of nitrogens with one attached hydrogen (secondary N) is 4. The van der Waals surface area contributed by atoms with Gasteiger partial charge in [-0.2, -0.15) is 16.8 Å². The molecule has 1 aliphatic heterocycles. The summed E-state index contributed by atoms with van der Waals surface area (Å²) < 4.78 is 92.3. The Labute approximate surface area is 368 Å². The minimum Gasteiger partial charge on any atom is -0.491 e. The Kier molecular flexibility index (Phi) is 15.8. The molecule has 0 saturated heterocycles. The van der Waals surface area contributed by atoms with Crippen LogP contribution in [0.4, 0.5) is 5.69 Å². The number of rotatable bonds is 20. The van der Waals surface area contributed by atoms with Crippen molar-refractivity contribution in [1.29, 1.82) is 5.41 Å². The first-order valence-electron chi connectivity index (χ1n) is 18.7. The lowest BCUT2D eigenvalue weighted by atomic mass is 9.89. The molecular weight excluding hydrogens is 897 g/mol. The highest BCUT2D eigenvalue weighted by Gasteiger charge is 2.32. The van der Waals surface area contributed by atoms with Crippen LogP contribution in [-0.2, 0) is 34.5 Å². The summed E-state index contributed by atoms with van der Waals surface area (Å²) in [6.45, 7) is 1.07. The fourth-order valence-corrected chi connectivity index (χ4v) is 7.67. The summed E-state index contributed by atoms with van der Waals surface area (Å²) in [5, 5.41) is 28.6. The van der Waals surface area contributed by atoms with Gasteiger partial charge in [0.25, 0.3) is 32.1 Å². The molecule has 0 saturated carbocycles. The summed E-state index contributed by atoms with van der Waals surface area (Å²) in [6.07, 6.45) is -1.08. The number of ether oxygens (including phenoxy) is 3. The number of hydrogen-bond acceptors (Lipinski definition) is 15. The Balaban J connectivity index is 1.29. The number of carboxylic acids is 1. The number of benzene rings is 4. The monoisotopic (exact) mass is 934 g/mol. The summed E-state index contributed by atoms with van der Waals surface area (Å²) in [5.74, 6) is 1.50. The van der Waals surface area contributed by atoms with E-state index < -0.39 is 82.0 Å². The van der Waals surface area contributed by atoms with Gasteiger partial charge >= 0.3 is 5.97 Å². The molecule has 1 heterocycles. The number of hydrogen-bond donors (Lipinski definition) is 8. The van der Waals surface area contributed by atoms with Crippen molar-refractivity contribution in [2.75, 3.05) is 51.8 Å². The Hall–Kier alpha value is -7.56. The first-order valence-corrected chi connectivity index (χ1v) is 21.6. The number of nitrogens with two attached hydrogens (primary N) is 1. The predicted molar refractivity (Wildman–Crippen MR) is 228 cm³/mol. The van der Waals surface area contributed by atoms with Crippen LogP contribution in [0, 0.1) is 17.3 Å². The fraction of sp³-hybridized carbons (Fsp3) is 0.225. The molecule has 0 fully saturated rings. The number of fused-ring (bicyclic) bond motifs is 2. The van der Waals surface area contributed by atoms with Gasteiger partial charge in [0.15, 0.2) is 27.4 Å². The molecule has 65 heavy (non-hydrogen) atoms. The van der Waals surface area contributed by atoms with Crippen molar-refractivity contribution in [2.45, 2.75) is 22.9 Å². The number of amides is 3.